The minimum atomic E-state index is -4.53. The van der Waals surface area contributed by atoms with Crippen LogP contribution < -0.4 is 5.32 Å². The number of carbonyl (C=O) groups excluding carboxylic acids is 1. The van der Waals surface area contributed by atoms with E-state index in [1.165, 1.54) is 28.6 Å². The molecule has 2 aromatic rings. The van der Waals surface area contributed by atoms with Gasteiger partial charge in [-0.3, -0.25) is 4.79 Å². The molecule has 0 atom stereocenters. The van der Waals surface area contributed by atoms with Crippen molar-refractivity contribution in [2.24, 2.45) is 0 Å². The number of hydrogen-bond acceptors (Lipinski definition) is 4. The van der Waals surface area contributed by atoms with Crippen molar-refractivity contribution in [3.63, 3.8) is 0 Å². The first-order chi connectivity index (χ1) is 12.9. The van der Waals surface area contributed by atoms with E-state index in [1.807, 2.05) is 0 Å². The molecular formula is C18H21F3N2O4S. The molecule has 0 bridgehead atoms. The Labute approximate surface area is 161 Å². The molecule has 0 unspecified atom stereocenters. The van der Waals surface area contributed by atoms with Crippen molar-refractivity contribution >= 4 is 15.9 Å². The Morgan fingerprint density at radius 1 is 1.14 bits per heavy atom. The Bertz CT molecular complexity index is 919. The normalized spacial score (nSPS) is 12.6. The standard InChI is InChI=1S/C18H21F3N2O4S/c1-12(2)23(10-15-7-4-13(3)27-15)28(25,26)16-8-5-14(6-9-16)17(24)22-11-18(19,20)21/h4-9,12H,10-11H2,1-3H3,(H,22,24). The fourth-order valence-corrected chi connectivity index (χ4v) is 4.07. The van der Waals surface area contributed by atoms with Crippen LogP contribution in [0.2, 0.25) is 0 Å². The van der Waals surface area contributed by atoms with Crippen LogP contribution in [0.4, 0.5) is 13.2 Å². The van der Waals surface area contributed by atoms with E-state index in [0.29, 0.717) is 11.5 Å². The largest absolute Gasteiger partial charge is 0.465 e. The summed E-state index contributed by atoms with van der Waals surface area (Å²) < 4.78 is 69.2. The first-order valence-electron chi connectivity index (χ1n) is 8.42. The predicted molar refractivity (Wildman–Crippen MR) is 96.1 cm³/mol. The van der Waals surface area contributed by atoms with Crippen molar-refractivity contribution in [3.8, 4) is 0 Å². The maximum absolute atomic E-state index is 13.0. The van der Waals surface area contributed by atoms with E-state index in [2.05, 4.69) is 0 Å². The first-order valence-corrected chi connectivity index (χ1v) is 9.86. The highest BCUT2D eigenvalue weighted by atomic mass is 32.2. The van der Waals surface area contributed by atoms with E-state index in [1.54, 1.807) is 38.2 Å². The minimum Gasteiger partial charge on any atom is -0.465 e. The lowest BCUT2D eigenvalue weighted by molar-refractivity contribution is -0.123. The van der Waals surface area contributed by atoms with Gasteiger partial charge in [0.05, 0.1) is 11.4 Å². The second-order valence-electron chi connectivity index (χ2n) is 6.48. The van der Waals surface area contributed by atoms with Gasteiger partial charge in [-0.25, -0.2) is 8.42 Å². The number of halogens is 3. The van der Waals surface area contributed by atoms with Gasteiger partial charge < -0.3 is 9.73 Å². The van der Waals surface area contributed by atoms with E-state index in [9.17, 15) is 26.4 Å². The molecule has 10 heteroatoms. The van der Waals surface area contributed by atoms with Crippen molar-refractivity contribution < 1.29 is 30.8 Å². The number of benzene rings is 1. The number of rotatable bonds is 7. The summed E-state index contributed by atoms with van der Waals surface area (Å²) in [5, 5.41) is 1.74. The Morgan fingerprint density at radius 2 is 1.75 bits per heavy atom. The number of nitrogens with zero attached hydrogens (tertiary/aromatic N) is 1. The summed E-state index contributed by atoms with van der Waals surface area (Å²) in [5.74, 6) is 0.205. The Kier molecular flexibility index (Phi) is 6.56. The molecule has 0 fully saturated rings. The van der Waals surface area contributed by atoms with Gasteiger partial charge in [-0.15, -0.1) is 0 Å². The second-order valence-corrected chi connectivity index (χ2v) is 8.37. The van der Waals surface area contributed by atoms with Gasteiger partial charge in [0, 0.05) is 11.6 Å². The predicted octanol–water partition coefficient (Wildman–Crippen LogP) is 3.48. The lowest BCUT2D eigenvalue weighted by Gasteiger charge is -2.25. The van der Waals surface area contributed by atoms with Crippen LogP contribution >= 0.6 is 0 Å². The average molecular weight is 418 g/mol. The highest BCUT2D eigenvalue weighted by Crippen LogP contribution is 2.22. The number of hydrogen-bond donors (Lipinski definition) is 1. The van der Waals surface area contributed by atoms with Gasteiger partial charge in [0.1, 0.15) is 18.1 Å². The molecule has 1 aromatic heterocycles. The highest BCUT2D eigenvalue weighted by molar-refractivity contribution is 7.89. The van der Waals surface area contributed by atoms with Gasteiger partial charge in [0.15, 0.2) is 0 Å². The number of alkyl halides is 3. The number of sulfonamides is 1. The summed E-state index contributed by atoms with van der Waals surface area (Å²) in [7, 11) is -3.91. The average Bonchev–Trinajstić information content (AvgIpc) is 3.01. The maximum atomic E-state index is 13.0. The Hall–Kier alpha value is -2.33. The molecule has 1 aromatic carbocycles. The quantitative estimate of drug-likeness (QED) is 0.747. The van der Waals surface area contributed by atoms with Crippen LogP contribution in [-0.2, 0) is 16.6 Å². The molecular weight excluding hydrogens is 397 g/mol. The minimum absolute atomic E-state index is 0.0294. The number of carbonyl (C=O) groups is 1. The fraction of sp³-hybridized carbons (Fsp3) is 0.389. The highest BCUT2D eigenvalue weighted by Gasteiger charge is 2.29. The summed E-state index contributed by atoms with van der Waals surface area (Å²) in [4.78, 5) is 11.7. The van der Waals surface area contributed by atoms with Crippen molar-refractivity contribution in [1.29, 1.82) is 0 Å². The van der Waals surface area contributed by atoms with Crippen LogP contribution in [0.5, 0.6) is 0 Å². The van der Waals surface area contributed by atoms with Crippen LogP contribution in [0, 0.1) is 6.92 Å². The first kappa shape index (κ1) is 22.0. The molecule has 0 saturated heterocycles. The molecule has 28 heavy (non-hydrogen) atoms. The van der Waals surface area contributed by atoms with E-state index in [4.69, 9.17) is 4.42 Å². The molecule has 0 aliphatic rings. The van der Waals surface area contributed by atoms with Gasteiger partial charge in [-0.05, 0) is 57.2 Å². The van der Waals surface area contributed by atoms with Crippen LogP contribution in [0.1, 0.15) is 35.7 Å². The topological polar surface area (TPSA) is 79.6 Å². The zero-order valence-corrected chi connectivity index (χ0v) is 16.4. The van der Waals surface area contributed by atoms with E-state index in [0.717, 1.165) is 0 Å². The third-order valence-corrected chi connectivity index (χ3v) is 5.89. The van der Waals surface area contributed by atoms with Gasteiger partial charge in [-0.1, -0.05) is 0 Å². The van der Waals surface area contributed by atoms with Crippen LogP contribution in [0.25, 0.3) is 0 Å². The van der Waals surface area contributed by atoms with Crippen molar-refractivity contribution in [2.75, 3.05) is 6.54 Å². The monoisotopic (exact) mass is 418 g/mol. The lowest BCUT2D eigenvalue weighted by atomic mass is 10.2. The van der Waals surface area contributed by atoms with Gasteiger partial charge in [0.2, 0.25) is 10.0 Å². The lowest BCUT2D eigenvalue weighted by Crippen LogP contribution is -2.36. The SMILES string of the molecule is Cc1ccc(CN(C(C)C)S(=O)(=O)c2ccc(C(=O)NCC(F)(F)F)cc2)o1. The molecule has 1 amide bonds. The molecule has 1 heterocycles. The second kappa shape index (κ2) is 8.36. The summed E-state index contributed by atoms with van der Waals surface area (Å²) in [6, 6.07) is 7.79. The van der Waals surface area contributed by atoms with Crippen LogP contribution in [0.3, 0.4) is 0 Å². The molecule has 0 aliphatic carbocycles. The van der Waals surface area contributed by atoms with E-state index >= 15 is 0 Å². The van der Waals surface area contributed by atoms with E-state index in [-0.39, 0.29) is 23.0 Å². The summed E-state index contributed by atoms with van der Waals surface area (Å²) >= 11 is 0. The van der Waals surface area contributed by atoms with Crippen molar-refractivity contribution in [2.45, 2.75) is 44.4 Å². The smallest absolute Gasteiger partial charge is 0.405 e. The molecule has 0 saturated carbocycles. The summed E-state index contributed by atoms with van der Waals surface area (Å²) in [5.41, 5.74) is -0.0686. The summed E-state index contributed by atoms with van der Waals surface area (Å²) in [6.07, 6.45) is -4.53. The van der Waals surface area contributed by atoms with Crippen LogP contribution in [0.15, 0.2) is 45.7 Å². The molecule has 2 rings (SSSR count). The van der Waals surface area contributed by atoms with Gasteiger partial charge in [0.25, 0.3) is 5.91 Å². The van der Waals surface area contributed by atoms with Gasteiger partial charge >= 0.3 is 6.18 Å². The zero-order chi connectivity index (χ0) is 21.1. The zero-order valence-electron chi connectivity index (χ0n) is 15.6. The molecule has 6 nitrogen and oxygen atoms in total. The molecule has 1 N–H and O–H groups in total. The van der Waals surface area contributed by atoms with Crippen molar-refractivity contribution in [3.05, 3.63) is 53.5 Å². The Balaban J connectivity index is 2.20. The number of furan rings is 1. The third-order valence-electron chi connectivity index (χ3n) is 3.86. The molecule has 0 radical (unpaired) electrons. The number of amides is 1. The van der Waals surface area contributed by atoms with Gasteiger partial charge in [-0.2, -0.15) is 17.5 Å². The van der Waals surface area contributed by atoms with E-state index < -0.39 is 28.7 Å². The molecule has 154 valence electrons. The van der Waals surface area contributed by atoms with Crippen molar-refractivity contribution in [1.82, 2.24) is 9.62 Å². The molecule has 0 spiro atoms. The fourth-order valence-electron chi connectivity index (χ4n) is 2.47. The van der Waals surface area contributed by atoms with Crippen LogP contribution in [-0.4, -0.2) is 37.4 Å². The summed E-state index contributed by atoms with van der Waals surface area (Å²) in [6.45, 7) is 3.75. The number of aryl methyl sites for hydroxylation is 1. The Morgan fingerprint density at radius 3 is 2.21 bits per heavy atom. The molecule has 0 aliphatic heterocycles. The number of nitrogens with one attached hydrogen (secondary N) is 1. The third kappa shape index (κ3) is 5.59. The maximum Gasteiger partial charge on any atom is 0.405 e.